The van der Waals surface area contributed by atoms with Crippen LogP contribution in [0, 0.1) is 5.82 Å². The molecule has 0 saturated heterocycles. The van der Waals surface area contributed by atoms with E-state index in [1.165, 1.54) is 12.1 Å². The standard InChI is InChI=1S/C19H17ClFN3O2/c20-15-6-4-14(5-7-15)19-23-18(26-24-19)9-8-17(25)22-11-10-13-2-1-3-16(21)12-13/h1-7,12H,8-11H2,(H,22,25). The Hall–Kier alpha value is -2.73. The highest BCUT2D eigenvalue weighted by molar-refractivity contribution is 6.30. The van der Waals surface area contributed by atoms with Gasteiger partial charge in [-0.1, -0.05) is 28.9 Å². The molecular weight excluding hydrogens is 357 g/mol. The van der Waals surface area contributed by atoms with Gasteiger partial charge in [0.1, 0.15) is 5.82 Å². The van der Waals surface area contributed by atoms with Gasteiger partial charge in [-0.15, -0.1) is 0 Å². The molecule has 1 aromatic heterocycles. The number of benzene rings is 2. The Morgan fingerprint density at radius 3 is 2.73 bits per heavy atom. The summed E-state index contributed by atoms with van der Waals surface area (Å²) in [5, 5.41) is 7.34. The fourth-order valence-electron chi connectivity index (χ4n) is 2.42. The van der Waals surface area contributed by atoms with Gasteiger partial charge < -0.3 is 9.84 Å². The van der Waals surface area contributed by atoms with E-state index in [9.17, 15) is 9.18 Å². The van der Waals surface area contributed by atoms with E-state index in [1.807, 2.05) is 6.07 Å². The lowest BCUT2D eigenvalue weighted by Gasteiger charge is -2.04. The van der Waals surface area contributed by atoms with Gasteiger partial charge in [0.25, 0.3) is 0 Å². The lowest BCUT2D eigenvalue weighted by atomic mass is 10.1. The van der Waals surface area contributed by atoms with Crippen molar-refractivity contribution in [3.05, 3.63) is 70.8 Å². The second-order valence-corrected chi connectivity index (χ2v) is 6.18. The third kappa shape index (κ3) is 5.13. The summed E-state index contributed by atoms with van der Waals surface area (Å²) in [5.41, 5.74) is 1.64. The van der Waals surface area contributed by atoms with Crippen LogP contribution in [-0.4, -0.2) is 22.6 Å². The molecule has 3 rings (SSSR count). The van der Waals surface area contributed by atoms with Crippen LogP contribution >= 0.6 is 11.6 Å². The minimum Gasteiger partial charge on any atom is -0.356 e. The first-order valence-corrected chi connectivity index (χ1v) is 8.57. The van der Waals surface area contributed by atoms with Crippen molar-refractivity contribution >= 4 is 17.5 Å². The third-order valence-electron chi connectivity index (χ3n) is 3.76. The predicted molar refractivity (Wildman–Crippen MR) is 96.2 cm³/mol. The molecular formula is C19H17ClFN3O2. The van der Waals surface area contributed by atoms with Crippen LogP contribution in [0.1, 0.15) is 17.9 Å². The minimum atomic E-state index is -0.276. The molecule has 0 aliphatic carbocycles. The number of amides is 1. The molecule has 0 aliphatic heterocycles. The van der Waals surface area contributed by atoms with Crippen LogP contribution in [0.2, 0.25) is 5.02 Å². The number of aryl methyl sites for hydroxylation is 1. The fraction of sp³-hybridized carbons (Fsp3) is 0.211. The molecule has 0 spiro atoms. The zero-order chi connectivity index (χ0) is 18.4. The van der Waals surface area contributed by atoms with Crippen molar-refractivity contribution in [3.63, 3.8) is 0 Å². The molecule has 0 radical (unpaired) electrons. The Morgan fingerprint density at radius 2 is 1.96 bits per heavy atom. The van der Waals surface area contributed by atoms with Crippen molar-refractivity contribution in [1.82, 2.24) is 15.5 Å². The maximum absolute atomic E-state index is 13.1. The molecule has 1 amide bonds. The van der Waals surface area contributed by atoms with Crippen LogP contribution in [0.15, 0.2) is 53.1 Å². The van der Waals surface area contributed by atoms with Gasteiger partial charge in [-0.3, -0.25) is 4.79 Å². The Balaban J connectivity index is 1.44. The van der Waals surface area contributed by atoms with E-state index in [4.69, 9.17) is 16.1 Å². The molecule has 1 heterocycles. The van der Waals surface area contributed by atoms with Crippen molar-refractivity contribution in [2.75, 3.05) is 6.54 Å². The van der Waals surface area contributed by atoms with Gasteiger partial charge in [0.2, 0.25) is 17.6 Å². The SMILES string of the molecule is O=C(CCc1nc(-c2ccc(Cl)cc2)no1)NCCc1cccc(F)c1. The van der Waals surface area contributed by atoms with Crippen molar-refractivity contribution < 1.29 is 13.7 Å². The average Bonchev–Trinajstić information content (AvgIpc) is 3.10. The van der Waals surface area contributed by atoms with E-state index < -0.39 is 0 Å². The molecule has 1 N–H and O–H groups in total. The zero-order valence-electron chi connectivity index (χ0n) is 13.9. The number of carbonyl (C=O) groups is 1. The van der Waals surface area contributed by atoms with E-state index in [0.717, 1.165) is 11.1 Å². The van der Waals surface area contributed by atoms with Crippen molar-refractivity contribution in [3.8, 4) is 11.4 Å². The first-order valence-electron chi connectivity index (χ1n) is 8.20. The Labute approximate surface area is 155 Å². The number of rotatable bonds is 7. The van der Waals surface area contributed by atoms with E-state index in [-0.39, 0.29) is 18.1 Å². The quantitative estimate of drug-likeness (QED) is 0.683. The number of aromatic nitrogens is 2. The maximum Gasteiger partial charge on any atom is 0.227 e. The fourth-order valence-corrected chi connectivity index (χ4v) is 2.55. The monoisotopic (exact) mass is 373 g/mol. The van der Waals surface area contributed by atoms with Gasteiger partial charge in [0, 0.05) is 30.0 Å². The van der Waals surface area contributed by atoms with Gasteiger partial charge in [0.15, 0.2) is 0 Å². The van der Waals surface area contributed by atoms with Crippen molar-refractivity contribution in [2.45, 2.75) is 19.3 Å². The number of halogens is 2. The van der Waals surface area contributed by atoms with Crippen LogP contribution < -0.4 is 5.32 Å². The van der Waals surface area contributed by atoms with E-state index >= 15 is 0 Å². The van der Waals surface area contributed by atoms with Gasteiger partial charge in [-0.2, -0.15) is 4.98 Å². The second kappa shape index (κ2) is 8.58. The predicted octanol–water partition coefficient (Wildman–Crippen LogP) is 3.82. The van der Waals surface area contributed by atoms with E-state index in [1.54, 1.807) is 30.3 Å². The molecule has 0 unspecified atom stereocenters. The number of nitrogens with zero attached hydrogens (tertiary/aromatic N) is 2. The van der Waals surface area contributed by atoms with E-state index in [2.05, 4.69) is 15.5 Å². The Kier molecular flexibility index (Phi) is 5.96. The molecule has 0 atom stereocenters. The highest BCUT2D eigenvalue weighted by atomic mass is 35.5. The Bertz CT molecular complexity index is 881. The smallest absolute Gasteiger partial charge is 0.227 e. The third-order valence-corrected chi connectivity index (χ3v) is 4.01. The molecule has 26 heavy (non-hydrogen) atoms. The molecule has 0 saturated carbocycles. The van der Waals surface area contributed by atoms with Crippen LogP contribution in [0.5, 0.6) is 0 Å². The summed E-state index contributed by atoms with van der Waals surface area (Å²) in [4.78, 5) is 16.2. The number of hydrogen-bond acceptors (Lipinski definition) is 4. The van der Waals surface area contributed by atoms with Crippen LogP contribution in [0.25, 0.3) is 11.4 Å². The summed E-state index contributed by atoms with van der Waals surface area (Å²) in [6.07, 6.45) is 1.17. The summed E-state index contributed by atoms with van der Waals surface area (Å²) >= 11 is 5.85. The molecule has 7 heteroatoms. The summed E-state index contributed by atoms with van der Waals surface area (Å²) in [6, 6.07) is 13.4. The van der Waals surface area contributed by atoms with Crippen molar-refractivity contribution in [1.29, 1.82) is 0 Å². The summed E-state index contributed by atoms with van der Waals surface area (Å²) < 4.78 is 18.3. The van der Waals surface area contributed by atoms with Crippen molar-refractivity contribution in [2.24, 2.45) is 0 Å². The number of hydrogen-bond donors (Lipinski definition) is 1. The number of nitrogens with one attached hydrogen (secondary N) is 1. The topological polar surface area (TPSA) is 68.0 Å². The molecule has 0 fully saturated rings. The summed E-state index contributed by atoms with van der Waals surface area (Å²) in [5.74, 6) is 0.466. The van der Waals surface area contributed by atoms with Crippen LogP contribution in [0.3, 0.4) is 0 Å². The van der Waals surface area contributed by atoms with Gasteiger partial charge in [-0.05, 0) is 48.4 Å². The molecule has 3 aromatic rings. The molecule has 0 aliphatic rings. The number of carbonyl (C=O) groups excluding carboxylic acids is 1. The van der Waals surface area contributed by atoms with Gasteiger partial charge in [0.05, 0.1) is 0 Å². The second-order valence-electron chi connectivity index (χ2n) is 5.75. The average molecular weight is 374 g/mol. The lowest BCUT2D eigenvalue weighted by molar-refractivity contribution is -0.121. The Morgan fingerprint density at radius 1 is 1.15 bits per heavy atom. The highest BCUT2D eigenvalue weighted by Gasteiger charge is 2.10. The summed E-state index contributed by atoms with van der Waals surface area (Å²) in [7, 11) is 0. The molecule has 0 bridgehead atoms. The molecule has 134 valence electrons. The normalized spacial score (nSPS) is 10.7. The summed E-state index contributed by atoms with van der Waals surface area (Å²) in [6.45, 7) is 0.447. The minimum absolute atomic E-state index is 0.118. The largest absolute Gasteiger partial charge is 0.356 e. The van der Waals surface area contributed by atoms with E-state index in [0.29, 0.717) is 36.1 Å². The zero-order valence-corrected chi connectivity index (χ0v) is 14.7. The first-order chi connectivity index (χ1) is 12.6. The van der Waals surface area contributed by atoms with Gasteiger partial charge >= 0.3 is 0 Å². The van der Waals surface area contributed by atoms with Crippen LogP contribution in [-0.2, 0) is 17.6 Å². The van der Waals surface area contributed by atoms with Gasteiger partial charge in [-0.25, -0.2) is 4.39 Å². The lowest BCUT2D eigenvalue weighted by Crippen LogP contribution is -2.25. The first kappa shape index (κ1) is 18.1. The molecule has 2 aromatic carbocycles. The highest BCUT2D eigenvalue weighted by Crippen LogP contribution is 2.18. The van der Waals surface area contributed by atoms with Crippen LogP contribution in [0.4, 0.5) is 4.39 Å². The maximum atomic E-state index is 13.1. The molecule has 5 nitrogen and oxygen atoms in total.